The van der Waals surface area contributed by atoms with Crippen molar-refractivity contribution in [1.82, 2.24) is 10.6 Å². The van der Waals surface area contributed by atoms with Gasteiger partial charge in [-0.15, -0.1) is 12.4 Å². The molecule has 0 aliphatic heterocycles. The fourth-order valence-corrected chi connectivity index (χ4v) is 1.20. The molecule has 0 fully saturated rings. The predicted octanol–water partition coefficient (Wildman–Crippen LogP) is 1.13. The number of amides is 1. The highest BCUT2D eigenvalue weighted by atomic mass is 35.5. The van der Waals surface area contributed by atoms with E-state index in [0.717, 1.165) is 0 Å². The fourth-order valence-electron chi connectivity index (χ4n) is 1.20. The van der Waals surface area contributed by atoms with Crippen LogP contribution in [0.25, 0.3) is 0 Å². The van der Waals surface area contributed by atoms with Crippen LogP contribution >= 0.6 is 12.4 Å². The quantitative estimate of drug-likeness (QED) is 0.765. The van der Waals surface area contributed by atoms with Gasteiger partial charge in [-0.1, -0.05) is 18.2 Å². The molecule has 0 radical (unpaired) electrons. The Hall–Kier alpha value is -1.13. The van der Waals surface area contributed by atoms with Gasteiger partial charge in [-0.2, -0.15) is 0 Å². The smallest absolute Gasteiger partial charge is 0.224 e. The molecule has 0 saturated heterocycles. The van der Waals surface area contributed by atoms with E-state index in [1.54, 1.807) is 18.2 Å². The van der Waals surface area contributed by atoms with Crippen LogP contribution in [0.1, 0.15) is 5.56 Å². The first-order valence-electron chi connectivity index (χ1n) is 4.88. The first-order valence-corrected chi connectivity index (χ1v) is 4.88. The van der Waals surface area contributed by atoms with Crippen molar-refractivity contribution in [3.05, 3.63) is 35.6 Å². The van der Waals surface area contributed by atoms with E-state index < -0.39 is 0 Å². The number of hydrogen-bond donors (Lipinski definition) is 2. The van der Waals surface area contributed by atoms with Crippen LogP contribution in [0, 0.1) is 5.82 Å². The molecule has 0 bridgehead atoms. The maximum atomic E-state index is 13.1. The summed E-state index contributed by atoms with van der Waals surface area (Å²) in [4.78, 5) is 11.3. The highest BCUT2D eigenvalue weighted by molar-refractivity contribution is 5.85. The molecule has 0 aromatic heterocycles. The molecule has 3 nitrogen and oxygen atoms in total. The third-order valence-electron chi connectivity index (χ3n) is 2.01. The third kappa shape index (κ3) is 5.09. The minimum Gasteiger partial charge on any atom is -0.355 e. The van der Waals surface area contributed by atoms with Gasteiger partial charge >= 0.3 is 0 Å². The highest BCUT2D eigenvalue weighted by Crippen LogP contribution is 2.06. The second-order valence-corrected chi connectivity index (χ2v) is 3.22. The Morgan fingerprint density at radius 1 is 1.31 bits per heavy atom. The molecule has 1 rings (SSSR count). The van der Waals surface area contributed by atoms with Crippen molar-refractivity contribution in [2.75, 3.05) is 20.1 Å². The molecule has 0 atom stereocenters. The van der Waals surface area contributed by atoms with Gasteiger partial charge in [0.2, 0.25) is 5.91 Å². The Balaban J connectivity index is 0.00000225. The van der Waals surface area contributed by atoms with Crippen LogP contribution in [0.5, 0.6) is 0 Å². The van der Waals surface area contributed by atoms with Crippen LogP contribution in [-0.2, 0) is 11.2 Å². The minimum absolute atomic E-state index is 0. The Kier molecular flexibility index (Phi) is 7.50. The zero-order valence-electron chi connectivity index (χ0n) is 9.13. The van der Waals surface area contributed by atoms with Crippen LogP contribution in [0.15, 0.2) is 24.3 Å². The topological polar surface area (TPSA) is 41.1 Å². The minimum atomic E-state index is -0.332. The molecule has 1 aromatic carbocycles. The van der Waals surface area contributed by atoms with Crippen molar-refractivity contribution >= 4 is 18.3 Å². The molecular weight excluding hydrogens is 231 g/mol. The molecular formula is C11H16ClFN2O. The molecule has 0 saturated carbocycles. The lowest BCUT2D eigenvalue weighted by Crippen LogP contribution is -2.31. The van der Waals surface area contributed by atoms with Crippen molar-refractivity contribution in [3.8, 4) is 0 Å². The zero-order valence-corrected chi connectivity index (χ0v) is 9.94. The molecule has 1 amide bonds. The summed E-state index contributed by atoms with van der Waals surface area (Å²) in [6.07, 6.45) is 0.0936. The standard InChI is InChI=1S/C11H15FN2O.ClH/c1-13-6-7-14-11(15)8-9-4-2-3-5-10(9)12;/h2-5,13H,6-8H2,1H3,(H,14,15);1H. The summed E-state index contributed by atoms with van der Waals surface area (Å²) in [5, 5.41) is 5.60. The normalized spacial score (nSPS) is 9.38. The van der Waals surface area contributed by atoms with E-state index in [0.29, 0.717) is 18.7 Å². The monoisotopic (exact) mass is 246 g/mol. The summed E-state index contributed by atoms with van der Waals surface area (Å²) in [5.74, 6) is -0.489. The highest BCUT2D eigenvalue weighted by Gasteiger charge is 2.06. The van der Waals surface area contributed by atoms with Gasteiger partial charge in [0.05, 0.1) is 6.42 Å². The number of rotatable bonds is 5. The van der Waals surface area contributed by atoms with E-state index in [9.17, 15) is 9.18 Å². The maximum Gasteiger partial charge on any atom is 0.224 e. The lowest BCUT2D eigenvalue weighted by molar-refractivity contribution is -0.120. The zero-order chi connectivity index (χ0) is 11.1. The lowest BCUT2D eigenvalue weighted by Gasteiger charge is -2.05. The van der Waals surface area contributed by atoms with Crippen molar-refractivity contribution in [2.45, 2.75) is 6.42 Å². The Morgan fingerprint density at radius 3 is 2.62 bits per heavy atom. The van der Waals surface area contributed by atoms with Crippen molar-refractivity contribution < 1.29 is 9.18 Å². The Bertz CT molecular complexity index is 334. The second kappa shape index (κ2) is 8.07. The number of halogens is 2. The average molecular weight is 247 g/mol. The van der Waals surface area contributed by atoms with E-state index in [1.165, 1.54) is 6.07 Å². The Labute approximate surface area is 101 Å². The maximum absolute atomic E-state index is 13.1. The summed E-state index contributed by atoms with van der Waals surface area (Å²) >= 11 is 0. The SMILES string of the molecule is CNCCNC(=O)Cc1ccccc1F.Cl. The predicted molar refractivity (Wildman–Crippen MR) is 64.3 cm³/mol. The number of likely N-dealkylation sites (N-methyl/N-ethyl adjacent to an activating group) is 1. The largest absolute Gasteiger partial charge is 0.355 e. The number of hydrogen-bond acceptors (Lipinski definition) is 2. The molecule has 0 aliphatic rings. The van der Waals surface area contributed by atoms with Gasteiger partial charge in [0.15, 0.2) is 0 Å². The van der Waals surface area contributed by atoms with E-state index >= 15 is 0 Å². The molecule has 90 valence electrons. The van der Waals surface area contributed by atoms with E-state index in [1.807, 2.05) is 7.05 Å². The van der Waals surface area contributed by atoms with Crippen LogP contribution in [0.3, 0.4) is 0 Å². The van der Waals surface area contributed by atoms with Crippen LogP contribution < -0.4 is 10.6 Å². The Morgan fingerprint density at radius 2 is 2.00 bits per heavy atom. The van der Waals surface area contributed by atoms with E-state index in [4.69, 9.17) is 0 Å². The summed E-state index contributed by atoms with van der Waals surface area (Å²) in [5.41, 5.74) is 0.430. The van der Waals surface area contributed by atoms with Gasteiger partial charge in [-0.3, -0.25) is 4.79 Å². The summed E-state index contributed by atoms with van der Waals surface area (Å²) in [7, 11) is 1.81. The molecule has 2 N–H and O–H groups in total. The van der Waals surface area contributed by atoms with E-state index in [-0.39, 0.29) is 30.6 Å². The molecule has 1 aromatic rings. The number of carbonyl (C=O) groups excluding carboxylic acids is 1. The summed E-state index contributed by atoms with van der Waals surface area (Å²) < 4.78 is 13.1. The lowest BCUT2D eigenvalue weighted by atomic mass is 10.1. The van der Waals surface area contributed by atoms with Gasteiger partial charge in [-0.05, 0) is 18.7 Å². The number of benzene rings is 1. The van der Waals surface area contributed by atoms with Gasteiger partial charge < -0.3 is 10.6 Å². The van der Waals surface area contributed by atoms with Gasteiger partial charge in [-0.25, -0.2) is 4.39 Å². The number of carbonyl (C=O) groups is 1. The fraction of sp³-hybridized carbons (Fsp3) is 0.364. The molecule has 0 aliphatic carbocycles. The molecule has 0 spiro atoms. The molecule has 0 unspecified atom stereocenters. The van der Waals surface area contributed by atoms with Gasteiger partial charge in [0, 0.05) is 13.1 Å². The van der Waals surface area contributed by atoms with Gasteiger partial charge in [0.1, 0.15) is 5.82 Å². The van der Waals surface area contributed by atoms with Crippen LogP contribution in [0.4, 0.5) is 4.39 Å². The van der Waals surface area contributed by atoms with E-state index in [2.05, 4.69) is 10.6 Å². The first kappa shape index (κ1) is 14.9. The van der Waals surface area contributed by atoms with Crippen molar-refractivity contribution in [3.63, 3.8) is 0 Å². The summed E-state index contributed by atoms with van der Waals surface area (Å²) in [6.45, 7) is 1.27. The van der Waals surface area contributed by atoms with Crippen molar-refractivity contribution in [1.29, 1.82) is 0 Å². The van der Waals surface area contributed by atoms with Gasteiger partial charge in [0.25, 0.3) is 0 Å². The molecule has 5 heteroatoms. The molecule has 16 heavy (non-hydrogen) atoms. The second-order valence-electron chi connectivity index (χ2n) is 3.22. The van der Waals surface area contributed by atoms with Crippen LogP contribution in [0.2, 0.25) is 0 Å². The molecule has 0 heterocycles. The van der Waals surface area contributed by atoms with Crippen LogP contribution in [-0.4, -0.2) is 26.0 Å². The average Bonchev–Trinajstić information content (AvgIpc) is 2.22. The first-order chi connectivity index (χ1) is 7.24. The van der Waals surface area contributed by atoms with Crippen molar-refractivity contribution in [2.24, 2.45) is 0 Å². The summed E-state index contributed by atoms with van der Waals surface area (Å²) in [6, 6.07) is 6.31. The third-order valence-corrected chi connectivity index (χ3v) is 2.01. The number of nitrogens with one attached hydrogen (secondary N) is 2.